The van der Waals surface area contributed by atoms with Crippen LogP contribution in [0.15, 0.2) is 18.2 Å². The summed E-state index contributed by atoms with van der Waals surface area (Å²) < 4.78 is 0. The molecule has 0 bridgehead atoms. The van der Waals surface area contributed by atoms with Gasteiger partial charge in [-0.1, -0.05) is 13.0 Å². The molecule has 2 fully saturated rings. The zero-order valence-corrected chi connectivity index (χ0v) is 12.5. The molecule has 0 aliphatic heterocycles. The van der Waals surface area contributed by atoms with E-state index in [1.807, 2.05) is 12.1 Å². The van der Waals surface area contributed by atoms with Crippen LogP contribution < -0.4 is 0 Å². The molecule has 2 saturated carbocycles. The van der Waals surface area contributed by atoms with Crippen molar-refractivity contribution in [2.75, 3.05) is 0 Å². The second-order valence-electron chi connectivity index (χ2n) is 7.59. The van der Waals surface area contributed by atoms with Crippen LogP contribution in [0.25, 0.3) is 0 Å². The molecule has 3 aliphatic rings. The van der Waals surface area contributed by atoms with E-state index in [2.05, 4.69) is 6.92 Å². The van der Waals surface area contributed by atoms with Crippen LogP contribution in [0, 0.1) is 17.3 Å². The smallest absolute Gasteiger partial charge is 0.115 e. The van der Waals surface area contributed by atoms with Crippen molar-refractivity contribution in [2.24, 2.45) is 17.3 Å². The van der Waals surface area contributed by atoms with Crippen molar-refractivity contribution in [3.8, 4) is 5.75 Å². The Hall–Kier alpha value is -1.06. The number of aliphatic hydroxyl groups excluding tert-OH is 2. The van der Waals surface area contributed by atoms with Crippen molar-refractivity contribution >= 4 is 0 Å². The number of fused-ring (bicyclic) bond motifs is 5. The molecule has 0 saturated heterocycles. The average Bonchev–Trinajstić information content (AvgIpc) is 2.74. The molecule has 0 amide bonds. The zero-order valence-electron chi connectivity index (χ0n) is 12.5. The predicted molar refractivity (Wildman–Crippen MR) is 80.1 cm³/mol. The molecule has 3 N–H and O–H groups in total. The average molecular weight is 288 g/mol. The van der Waals surface area contributed by atoms with Crippen LogP contribution in [-0.2, 0) is 6.42 Å². The maximum atomic E-state index is 10.8. The molecule has 2 unspecified atom stereocenters. The topological polar surface area (TPSA) is 60.7 Å². The largest absolute Gasteiger partial charge is 0.508 e. The number of benzene rings is 1. The highest BCUT2D eigenvalue weighted by Crippen LogP contribution is 2.60. The van der Waals surface area contributed by atoms with Gasteiger partial charge in [-0.3, -0.25) is 0 Å². The summed E-state index contributed by atoms with van der Waals surface area (Å²) in [4.78, 5) is 0. The lowest BCUT2D eigenvalue weighted by molar-refractivity contribution is -0.0798. The molecule has 4 rings (SSSR count). The van der Waals surface area contributed by atoms with Crippen molar-refractivity contribution in [2.45, 2.75) is 57.2 Å². The molecule has 3 aliphatic carbocycles. The molecule has 3 nitrogen and oxygen atoms in total. The fourth-order valence-electron chi connectivity index (χ4n) is 5.62. The number of phenols is 1. The Morgan fingerprint density at radius 1 is 1.14 bits per heavy atom. The Bertz CT molecular complexity index is 570. The Morgan fingerprint density at radius 2 is 1.95 bits per heavy atom. The van der Waals surface area contributed by atoms with E-state index in [1.165, 1.54) is 11.1 Å². The standard InChI is InChI=1S/C18H24O3/c1-18-9-15(20)17-12-5-3-11(19)8-10(12)2-4-13(17)14(18)6-7-16(18)21/h3,5,8,13-17,19-21H,2,4,6-7,9H2,1H3/t13-,14-,15?,16?,17+,18-/m0/s1. The first-order valence-electron chi connectivity index (χ1n) is 8.18. The van der Waals surface area contributed by atoms with Gasteiger partial charge in [-0.05, 0) is 72.6 Å². The molecule has 6 atom stereocenters. The van der Waals surface area contributed by atoms with E-state index in [-0.39, 0.29) is 23.5 Å². The lowest BCUT2D eigenvalue weighted by Gasteiger charge is -2.52. The maximum Gasteiger partial charge on any atom is 0.115 e. The van der Waals surface area contributed by atoms with Crippen LogP contribution >= 0.6 is 0 Å². The van der Waals surface area contributed by atoms with Gasteiger partial charge in [-0.15, -0.1) is 0 Å². The SMILES string of the molecule is C[C@]12CC(O)[C@@H]3c4ccc(O)cc4CC[C@H]3[C@@H]1CCC2O. The van der Waals surface area contributed by atoms with E-state index in [4.69, 9.17) is 0 Å². The third-order valence-electron chi connectivity index (χ3n) is 6.63. The lowest BCUT2D eigenvalue weighted by Crippen LogP contribution is -2.50. The summed E-state index contributed by atoms with van der Waals surface area (Å²) in [5, 5.41) is 30.8. The number of phenolic OH excluding ortho intramolecular Hbond substituents is 1. The highest BCUT2D eigenvalue weighted by molar-refractivity contribution is 5.40. The minimum atomic E-state index is -0.382. The minimum absolute atomic E-state index is 0.116. The van der Waals surface area contributed by atoms with Gasteiger partial charge in [0, 0.05) is 5.92 Å². The molecule has 3 heteroatoms. The van der Waals surface area contributed by atoms with Gasteiger partial charge in [0.05, 0.1) is 12.2 Å². The number of aliphatic hydroxyl groups is 2. The highest BCUT2D eigenvalue weighted by Gasteiger charge is 2.57. The second kappa shape index (κ2) is 4.47. The van der Waals surface area contributed by atoms with Gasteiger partial charge in [-0.25, -0.2) is 0 Å². The summed E-state index contributed by atoms with van der Waals surface area (Å²) in [6.45, 7) is 2.17. The first-order chi connectivity index (χ1) is 10.0. The van der Waals surface area contributed by atoms with Crippen LogP contribution in [0.1, 0.15) is 49.7 Å². The summed E-state index contributed by atoms with van der Waals surface area (Å²) in [7, 11) is 0. The molecule has 0 radical (unpaired) electrons. The van der Waals surface area contributed by atoms with Gasteiger partial charge in [0.15, 0.2) is 0 Å². The van der Waals surface area contributed by atoms with Gasteiger partial charge in [0.2, 0.25) is 0 Å². The Kier molecular flexibility index (Phi) is 2.89. The van der Waals surface area contributed by atoms with Crippen molar-refractivity contribution in [3.63, 3.8) is 0 Å². The Balaban J connectivity index is 1.76. The van der Waals surface area contributed by atoms with Crippen molar-refractivity contribution < 1.29 is 15.3 Å². The third-order valence-corrected chi connectivity index (χ3v) is 6.63. The van der Waals surface area contributed by atoms with Gasteiger partial charge in [0.25, 0.3) is 0 Å². The van der Waals surface area contributed by atoms with Crippen LogP contribution in [-0.4, -0.2) is 27.5 Å². The fourth-order valence-corrected chi connectivity index (χ4v) is 5.62. The number of aromatic hydroxyl groups is 1. The number of aryl methyl sites for hydroxylation is 1. The molecule has 1 aromatic carbocycles. The van der Waals surface area contributed by atoms with Crippen LogP contribution in [0.2, 0.25) is 0 Å². The molecule has 114 valence electrons. The van der Waals surface area contributed by atoms with Crippen molar-refractivity contribution in [3.05, 3.63) is 29.3 Å². The van der Waals surface area contributed by atoms with Crippen LogP contribution in [0.3, 0.4) is 0 Å². The molecular formula is C18H24O3. The summed E-state index contributed by atoms with van der Waals surface area (Å²) >= 11 is 0. The first kappa shape index (κ1) is 13.6. The molecule has 0 heterocycles. The minimum Gasteiger partial charge on any atom is -0.508 e. The van der Waals surface area contributed by atoms with E-state index < -0.39 is 0 Å². The van der Waals surface area contributed by atoms with Crippen LogP contribution in [0.4, 0.5) is 0 Å². The number of hydrogen-bond donors (Lipinski definition) is 3. The molecule has 1 aromatic rings. The zero-order chi connectivity index (χ0) is 14.8. The molecule has 0 spiro atoms. The first-order valence-corrected chi connectivity index (χ1v) is 8.18. The van der Waals surface area contributed by atoms with Crippen molar-refractivity contribution in [1.82, 2.24) is 0 Å². The molecular weight excluding hydrogens is 264 g/mol. The highest BCUT2D eigenvalue weighted by atomic mass is 16.3. The Labute approximate surface area is 125 Å². The second-order valence-corrected chi connectivity index (χ2v) is 7.59. The number of rotatable bonds is 0. The van der Waals surface area contributed by atoms with Crippen LogP contribution in [0.5, 0.6) is 5.75 Å². The monoisotopic (exact) mass is 288 g/mol. The van der Waals surface area contributed by atoms with Crippen molar-refractivity contribution in [1.29, 1.82) is 0 Å². The van der Waals surface area contributed by atoms with E-state index >= 15 is 0 Å². The van der Waals surface area contributed by atoms with E-state index in [0.29, 0.717) is 24.0 Å². The predicted octanol–water partition coefficient (Wildman–Crippen LogP) is 2.58. The fraction of sp³-hybridized carbons (Fsp3) is 0.667. The third kappa shape index (κ3) is 1.80. The lowest BCUT2D eigenvalue weighted by atomic mass is 9.54. The van der Waals surface area contributed by atoms with Gasteiger partial charge >= 0.3 is 0 Å². The summed E-state index contributed by atoms with van der Waals surface area (Å²) in [6, 6.07) is 5.60. The molecule has 21 heavy (non-hydrogen) atoms. The molecule has 0 aromatic heterocycles. The normalized spacial score (nSPS) is 44.8. The quantitative estimate of drug-likeness (QED) is 0.687. The summed E-state index contributed by atoms with van der Waals surface area (Å²) in [5.74, 6) is 1.48. The summed E-state index contributed by atoms with van der Waals surface area (Å²) in [5.41, 5.74) is 2.30. The van der Waals surface area contributed by atoms with Gasteiger partial charge in [-0.2, -0.15) is 0 Å². The van der Waals surface area contributed by atoms with E-state index in [9.17, 15) is 15.3 Å². The van der Waals surface area contributed by atoms with Gasteiger partial charge in [0.1, 0.15) is 5.75 Å². The maximum absolute atomic E-state index is 10.8. The summed E-state index contributed by atoms with van der Waals surface area (Å²) in [6.07, 6.45) is 4.04. The van der Waals surface area contributed by atoms with Gasteiger partial charge < -0.3 is 15.3 Å². The Morgan fingerprint density at radius 3 is 2.76 bits per heavy atom. The number of hydrogen-bond acceptors (Lipinski definition) is 3. The van der Waals surface area contributed by atoms with E-state index in [1.54, 1.807) is 6.07 Å². The van der Waals surface area contributed by atoms with E-state index in [0.717, 1.165) is 25.7 Å².